The van der Waals surface area contributed by atoms with Gasteiger partial charge in [-0.1, -0.05) is 12.2 Å². The molecule has 20 heavy (non-hydrogen) atoms. The number of carbonyl (C=O) groups excluding carboxylic acids is 2. The first-order chi connectivity index (χ1) is 9.56. The summed E-state index contributed by atoms with van der Waals surface area (Å²) in [5, 5.41) is 0. The zero-order valence-corrected chi connectivity index (χ0v) is 10.4. The summed E-state index contributed by atoms with van der Waals surface area (Å²) in [6.07, 6.45) is 4.79. The number of imide groups is 1. The Morgan fingerprint density at radius 2 is 1.40 bits per heavy atom. The van der Waals surface area contributed by atoms with Gasteiger partial charge in [0.2, 0.25) is 11.8 Å². The molecule has 1 aromatic carbocycles. The predicted octanol–water partition coefficient (Wildman–Crippen LogP) is 2.28. The van der Waals surface area contributed by atoms with Gasteiger partial charge in [0.15, 0.2) is 0 Å². The van der Waals surface area contributed by atoms with Gasteiger partial charge in [-0.05, 0) is 30.4 Å². The van der Waals surface area contributed by atoms with E-state index in [9.17, 15) is 18.4 Å². The Hall–Kier alpha value is -2.04. The van der Waals surface area contributed by atoms with Crippen molar-refractivity contribution in [3.63, 3.8) is 0 Å². The number of hydrogen-bond donors (Lipinski definition) is 0. The molecule has 1 aliphatic heterocycles. The van der Waals surface area contributed by atoms with Crippen molar-refractivity contribution in [2.45, 2.75) is 6.42 Å². The third kappa shape index (κ3) is 1.38. The highest BCUT2D eigenvalue weighted by molar-refractivity contribution is 6.22. The summed E-state index contributed by atoms with van der Waals surface area (Å²) < 4.78 is 26.6. The molecule has 102 valence electrons. The largest absolute Gasteiger partial charge is 0.274 e. The van der Waals surface area contributed by atoms with Crippen LogP contribution in [-0.2, 0) is 9.59 Å². The first-order valence-electron chi connectivity index (χ1n) is 6.58. The van der Waals surface area contributed by atoms with E-state index in [1.54, 1.807) is 0 Å². The van der Waals surface area contributed by atoms with Crippen LogP contribution < -0.4 is 4.90 Å². The van der Waals surface area contributed by atoms with Crippen molar-refractivity contribution < 1.29 is 18.4 Å². The van der Waals surface area contributed by atoms with E-state index in [2.05, 4.69) is 0 Å². The molecule has 4 rings (SSSR count). The van der Waals surface area contributed by atoms with Gasteiger partial charge in [0.05, 0.1) is 17.5 Å². The zero-order valence-electron chi connectivity index (χ0n) is 10.4. The van der Waals surface area contributed by atoms with Crippen LogP contribution in [-0.4, -0.2) is 11.8 Å². The fourth-order valence-electron chi connectivity index (χ4n) is 3.83. The number of allylic oxidation sites excluding steroid dienone is 2. The minimum absolute atomic E-state index is 0.00806. The van der Waals surface area contributed by atoms with Crippen LogP contribution in [0.1, 0.15) is 6.42 Å². The zero-order chi connectivity index (χ0) is 14.0. The molecule has 2 aliphatic carbocycles. The summed E-state index contributed by atoms with van der Waals surface area (Å²) in [5.74, 6) is -2.79. The highest BCUT2D eigenvalue weighted by Crippen LogP contribution is 2.53. The lowest BCUT2D eigenvalue weighted by Crippen LogP contribution is -2.33. The van der Waals surface area contributed by atoms with E-state index < -0.39 is 11.6 Å². The van der Waals surface area contributed by atoms with E-state index in [0.717, 1.165) is 29.5 Å². The maximum atomic E-state index is 13.3. The predicted molar refractivity (Wildman–Crippen MR) is 66.6 cm³/mol. The van der Waals surface area contributed by atoms with Gasteiger partial charge in [0.1, 0.15) is 11.6 Å². The Kier molecular flexibility index (Phi) is 2.20. The topological polar surface area (TPSA) is 37.4 Å². The van der Waals surface area contributed by atoms with Gasteiger partial charge in [-0.3, -0.25) is 9.59 Å². The molecule has 0 aromatic heterocycles. The second kappa shape index (κ2) is 3.75. The summed E-state index contributed by atoms with van der Waals surface area (Å²) in [4.78, 5) is 25.8. The number of halogens is 2. The second-order valence-electron chi connectivity index (χ2n) is 5.64. The molecule has 1 saturated heterocycles. The Morgan fingerprint density at radius 3 is 1.90 bits per heavy atom. The molecule has 2 amide bonds. The molecule has 1 saturated carbocycles. The lowest BCUT2D eigenvalue weighted by molar-refractivity contribution is -0.123. The lowest BCUT2D eigenvalue weighted by Gasteiger charge is -2.17. The van der Waals surface area contributed by atoms with Gasteiger partial charge in [-0.2, -0.15) is 0 Å². The van der Waals surface area contributed by atoms with E-state index in [0.29, 0.717) is 0 Å². The molecule has 0 spiro atoms. The summed E-state index contributed by atoms with van der Waals surface area (Å²) in [5.41, 5.74) is -0.00806. The quantitative estimate of drug-likeness (QED) is 0.582. The van der Waals surface area contributed by atoms with E-state index >= 15 is 0 Å². The average Bonchev–Trinajstić information content (AvgIpc) is 3.02. The van der Waals surface area contributed by atoms with Gasteiger partial charge in [-0.25, -0.2) is 13.7 Å². The maximum absolute atomic E-state index is 13.3. The van der Waals surface area contributed by atoms with Crippen molar-refractivity contribution in [1.29, 1.82) is 0 Å². The number of rotatable bonds is 1. The van der Waals surface area contributed by atoms with Crippen LogP contribution in [0.2, 0.25) is 0 Å². The van der Waals surface area contributed by atoms with Crippen molar-refractivity contribution in [2.24, 2.45) is 23.7 Å². The van der Waals surface area contributed by atoms with Crippen LogP contribution in [0.4, 0.5) is 14.5 Å². The van der Waals surface area contributed by atoms with Gasteiger partial charge < -0.3 is 0 Å². The SMILES string of the molecule is O=C1[C@@H]2[C@H](C(=O)N1c1cc(F)cc(F)c1)[C@H]1C=C[C@@H]2C1. The van der Waals surface area contributed by atoms with E-state index in [4.69, 9.17) is 0 Å². The van der Waals surface area contributed by atoms with E-state index in [1.165, 1.54) is 0 Å². The molecule has 0 unspecified atom stereocenters. The van der Waals surface area contributed by atoms with E-state index in [1.807, 2.05) is 12.2 Å². The van der Waals surface area contributed by atoms with Crippen LogP contribution in [0.3, 0.4) is 0 Å². The number of nitrogens with zero attached hydrogens (tertiary/aromatic N) is 1. The number of hydrogen-bond acceptors (Lipinski definition) is 2. The van der Waals surface area contributed by atoms with Crippen molar-refractivity contribution in [3.8, 4) is 0 Å². The standard InChI is InChI=1S/C15H11F2NO2/c16-9-4-10(17)6-11(5-9)18-14(19)12-7-1-2-8(3-7)13(12)15(18)20/h1-2,4-8,12-13H,3H2/t7-,8+,12+,13-. The Morgan fingerprint density at radius 1 is 0.900 bits per heavy atom. The highest BCUT2D eigenvalue weighted by Gasteiger charge is 2.59. The number of anilines is 1. The van der Waals surface area contributed by atoms with Crippen LogP contribution in [0, 0.1) is 35.3 Å². The molecule has 1 aromatic rings. The molecule has 3 aliphatic rings. The molecule has 4 atom stereocenters. The van der Waals surface area contributed by atoms with Crippen molar-refractivity contribution >= 4 is 17.5 Å². The summed E-state index contributed by atoms with van der Waals surface area (Å²) in [6.45, 7) is 0. The van der Waals surface area contributed by atoms with Gasteiger partial charge in [-0.15, -0.1) is 0 Å². The summed E-state index contributed by atoms with van der Waals surface area (Å²) >= 11 is 0. The maximum Gasteiger partial charge on any atom is 0.238 e. The number of fused-ring (bicyclic) bond motifs is 5. The number of benzene rings is 1. The third-order valence-corrected chi connectivity index (χ3v) is 4.58. The summed E-state index contributed by atoms with van der Waals surface area (Å²) in [7, 11) is 0. The molecule has 1 heterocycles. The van der Waals surface area contributed by atoms with Gasteiger partial charge in [0.25, 0.3) is 0 Å². The van der Waals surface area contributed by atoms with Crippen molar-refractivity contribution in [1.82, 2.24) is 0 Å². The summed E-state index contributed by atoms with van der Waals surface area (Å²) in [6, 6.07) is 2.77. The van der Waals surface area contributed by atoms with E-state index in [-0.39, 0.29) is 41.2 Å². The molecule has 3 nitrogen and oxygen atoms in total. The molecular formula is C15H11F2NO2. The molecule has 2 fully saturated rings. The molecule has 0 N–H and O–H groups in total. The lowest BCUT2D eigenvalue weighted by atomic mass is 9.85. The molecule has 5 heteroatoms. The fourth-order valence-corrected chi connectivity index (χ4v) is 3.83. The molecule has 0 radical (unpaired) electrons. The Bertz CT molecular complexity index is 620. The van der Waals surface area contributed by atoms with Gasteiger partial charge >= 0.3 is 0 Å². The number of carbonyl (C=O) groups is 2. The average molecular weight is 275 g/mol. The monoisotopic (exact) mass is 275 g/mol. The third-order valence-electron chi connectivity index (χ3n) is 4.58. The first-order valence-corrected chi connectivity index (χ1v) is 6.58. The second-order valence-corrected chi connectivity index (χ2v) is 5.64. The van der Waals surface area contributed by atoms with Crippen molar-refractivity contribution in [3.05, 3.63) is 42.0 Å². The Labute approximate surface area is 113 Å². The minimum atomic E-state index is -0.793. The highest BCUT2D eigenvalue weighted by atomic mass is 19.1. The first kappa shape index (κ1) is 11.8. The normalized spacial score (nSPS) is 34.2. The smallest absolute Gasteiger partial charge is 0.238 e. The van der Waals surface area contributed by atoms with Gasteiger partial charge in [0, 0.05) is 6.07 Å². The van der Waals surface area contributed by atoms with Crippen LogP contribution in [0.15, 0.2) is 30.4 Å². The van der Waals surface area contributed by atoms with Crippen molar-refractivity contribution in [2.75, 3.05) is 4.90 Å². The van der Waals surface area contributed by atoms with Crippen LogP contribution >= 0.6 is 0 Å². The Balaban J connectivity index is 1.78. The van der Waals surface area contributed by atoms with Crippen LogP contribution in [0.5, 0.6) is 0 Å². The van der Waals surface area contributed by atoms with Crippen LogP contribution in [0.25, 0.3) is 0 Å². The number of amides is 2. The molecule has 2 bridgehead atoms. The molecular weight excluding hydrogens is 264 g/mol. The fraction of sp³-hybridized carbons (Fsp3) is 0.333. The minimum Gasteiger partial charge on any atom is -0.274 e.